The number of esters is 1. The number of hydrogen-bond acceptors (Lipinski definition) is 4. The van der Waals surface area contributed by atoms with Crippen molar-refractivity contribution in [3.63, 3.8) is 0 Å². The Morgan fingerprint density at radius 1 is 1.82 bits per heavy atom. The van der Waals surface area contributed by atoms with Gasteiger partial charge >= 0.3 is 5.97 Å². The minimum Gasteiger partial charge on any atom is -0.463 e. The fourth-order valence-corrected chi connectivity index (χ4v) is 1.60. The van der Waals surface area contributed by atoms with Gasteiger partial charge in [-0.2, -0.15) is 0 Å². The molecule has 1 aliphatic heterocycles. The van der Waals surface area contributed by atoms with Crippen LogP contribution in [0.1, 0.15) is 13.3 Å². The predicted octanol–water partition coefficient (Wildman–Crippen LogP) is 1.03. The zero-order chi connectivity index (χ0) is 8.10. The zero-order valence-electron chi connectivity index (χ0n) is 6.54. The first-order chi connectivity index (χ1) is 5.33. The van der Waals surface area contributed by atoms with Crippen molar-refractivity contribution in [2.45, 2.75) is 19.4 Å². The number of ether oxygens (including phenoxy) is 2. The first kappa shape index (κ1) is 8.87. The molecular weight excluding hydrogens is 164 g/mol. The molecule has 4 heteroatoms. The highest BCUT2D eigenvalue weighted by Crippen LogP contribution is 2.16. The standard InChI is InChI=1S/C7H12O3S/c1-2-7(8)9-3-6-4-11-5-10-6/h6H,2-5H2,1H3. The van der Waals surface area contributed by atoms with Crippen LogP contribution in [0.25, 0.3) is 0 Å². The highest BCUT2D eigenvalue weighted by atomic mass is 32.2. The van der Waals surface area contributed by atoms with E-state index in [9.17, 15) is 4.79 Å². The normalized spacial score (nSPS) is 23.5. The molecule has 0 aliphatic carbocycles. The zero-order valence-corrected chi connectivity index (χ0v) is 7.36. The first-order valence-corrected chi connectivity index (χ1v) is 4.83. The Kier molecular flexibility index (Phi) is 3.72. The Bertz CT molecular complexity index is 132. The maximum absolute atomic E-state index is 10.7. The Morgan fingerprint density at radius 2 is 2.64 bits per heavy atom. The van der Waals surface area contributed by atoms with Crippen LogP contribution in [0.5, 0.6) is 0 Å². The van der Waals surface area contributed by atoms with Crippen molar-refractivity contribution in [3.05, 3.63) is 0 Å². The van der Waals surface area contributed by atoms with Gasteiger partial charge in [-0.3, -0.25) is 4.79 Å². The van der Waals surface area contributed by atoms with Crippen LogP contribution >= 0.6 is 11.8 Å². The van der Waals surface area contributed by atoms with Crippen LogP contribution in [0.3, 0.4) is 0 Å². The number of hydrogen-bond donors (Lipinski definition) is 0. The molecular formula is C7H12O3S. The van der Waals surface area contributed by atoms with Gasteiger partial charge in [-0.25, -0.2) is 0 Å². The molecule has 1 unspecified atom stereocenters. The molecule has 1 atom stereocenters. The summed E-state index contributed by atoms with van der Waals surface area (Å²) in [7, 11) is 0. The Balaban J connectivity index is 2.06. The Labute approximate surface area is 70.4 Å². The molecule has 0 radical (unpaired) electrons. The van der Waals surface area contributed by atoms with Gasteiger partial charge in [0.1, 0.15) is 12.7 Å². The molecule has 0 amide bonds. The van der Waals surface area contributed by atoms with E-state index in [1.165, 1.54) is 0 Å². The van der Waals surface area contributed by atoms with Gasteiger partial charge in [0, 0.05) is 12.2 Å². The fourth-order valence-electron chi connectivity index (χ4n) is 0.756. The van der Waals surface area contributed by atoms with Gasteiger partial charge in [0.2, 0.25) is 0 Å². The molecule has 1 aliphatic rings. The van der Waals surface area contributed by atoms with Gasteiger partial charge in [-0.1, -0.05) is 6.92 Å². The van der Waals surface area contributed by atoms with Crippen LogP contribution in [-0.2, 0) is 14.3 Å². The lowest BCUT2D eigenvalue weighted by Crippen LogP contribution is -2.19. The van der Waals surface area contributed by atoms with Gasteiger partial charge in [-0.05, 0) is 0 Å². The summed E-state index contributed by atoms with van der Waals surface area (Å²) in [6.07, 6.45) is 0.565. The highest BCUT2D eigenvalue weighted by Gasteiger charge is 2.17. The molecule has 0 aromatic heterocycles. The van der Waals surface area contributed by atoms with Crippen LogP contribution in [0.15, 0.2) is 0 Å². The number of thioether (sulfide) groups is 1. The Morgan fingerprint density at radius 3 is 3.18 bits per heavy atom. The second kappa shape index (κ2) is 4.62. The van der Waals surface area contributed by atoms with E-state index in [0.717, 1.165) is 11.7 Å². The van der Waals surface area contributed by atoms with E-state index in [-0.39, 0.29) is 12.1 Å². The van der Waals surface area contributed by atoms with Crippen molar-refractivity contribution in [2.75, 3.05) is 18.3 Å². The topological polar surface area (TPSA) is 35.5 Å². The van der Waals surface area contributed by atoms with Crippen LogP contribution in [-0.4, -0.2) is 30.4 Å². The maximum atomic E-state index is 10.7. The second-order valence-electron chi connectivity index (χ2n) is 2.31. The van der Waals surface area contributed by atoms with Gasteiger partial charge in [0.25, 0.3) is 0 Å². The maximum Gasteiger partial charge on any atom is 0.305 e. The highest BCUT2D eigenvalue weighted by molar-refractivity contribution is 7.99. The van der Waals surface area contributed by atoms with Gasteiger partial charge in [-0.15, -0.1) is 11.8 Å². The van der Waals surface area contributed by atoms with E-state index in [2.05, 4.69) is 0 Å². The molecule has 1 rings (SSSR count). The van der Waals surface area contributed by atoms with Crippen molar-refractivity contribution >= 4 is 17.7 Å². The van der Waals surface area contributed by atoms with Crippen molar-refractivity contribution in [2.24, 2.45) is 0 Å². The summed E-state index contributed by atoms with van der Waals surface area (Å²) < 4.78 is 10.1. The largest absolute Gasteiger partial charge is 0.463 e. The van der Waals surface area contributed by atoms with Gasteiger partial charge in [0.05, 0.1) is 5.94 Å². The van der Waals surface area contributed by atoms with Crippen molar-refractivity contribution in [1.29, 1.82) is 0 Å². The molecule has 0 spiro atoms. The summed E-state index contributed by atoms with van der Waals surface area (Å²) in [6, 6.07) is 0. The summed E-state index contributed by atoms with van der Waals surface area (Å²) >= 11 is 1.73. The summed E-state index contributed by atoms with van der Waals surface area (Å²) in [4.78, 5) is 10.7. The molecule has 0 N–H and O–H groups in total. The van der Waals surface area contributed by atoms with E-state index in [1.54, 1.807) is 18.7 Å². The molecule has 0 bridgehead atoms. The van der Waals surface area contributed by atoms with Crippen LogP contribution in [0.4, 0.5) is 0 Å². The van der Waals surface area contributed by atoms with Crippen LogP contribution < -0.4 is 0 Å². The van der Waals surface area contributed by atoms with Gasteiger partial charge < -0.3 is 9.47 Å². The summed E-state index contributed by atoms with van der Waals surface area (Å²) in [5.41, 5.74) is 0. The summed E-state index contributed by atoms with van der Waals surface area (Å²) in [6.45, 7) is 2.20. The van der Waals surface area contributed by atoms with E-state index >= 15 is 0 Å². The first-order valence-electron chi connectivity index (χ1n) is 3.68. The lowest BCUT2D eigenvalue weighted by molar-refractivity contribution is -0.146. The molecule has 1 saturated heterocycles. The quantitative estimate of drug-likeness (QED) is 0.602. The van der Waals surface area contributed by atoms with Crippen molar-refractivity contribution in [3.8, 4) is 0 Å². The summed E-state index contributed by atoms with van der Waals surface area (Å²) in [5, 5.41) is 0. The van der Waals surface area contributed by atoms with Crippen molar-refractivity contribution in [1.82, 2.24) is 0 Å². The number of rotatable bonds is 3. The molecule has 1 heterocycles. The third-order valence-electron chi connectivity index (χ3n) is 1.41. The fraction of sp³-hybridized carbons (Fsp3) is 0.857. The molecule has 0 aromatic rings. The lowest BCUT2D eigenvalue weighted by atomic mass is 10.4. The predicted molar refractivity (Wildman–Crippen MR) is 43.4 cm³/mol. The lowest BCUT2D eigenvalue weighted by Gasteiger charge is -2.07. The molecule has 11 heavy (non-hydrogen) atoms. The number of carbonyl (C=O) groups is 1. The molecule has 0 saturated carbocycles. The van der Waals surface area contributed by atoms with Crippen LogP contribution in [0, 0.1) is 0 Å². The van der Waals surface area contributed by atoms with Crippen LogP contribution in [0.2, 0.25) is 0 Å². The minimum absolute atomic E-state index is 0.121. The van der Waals surface area contributed by atoms with E-state index in [0.29, 0.717) is 13.0 Å². The molecule has 3 nitrogen and oxygen atoms in total. The third-order valence-corrected chi connectivity index (χ3v) is 2.32. The minimum atomic E-state index is -0.148. The average Bonchev–Trinajstić information content (AvgIpc) is 2.52. The second-order valence-corrected chi connectivity index (χ2v) is 3.29. The van der Waals surface area contributed by atoms with E-state index < -0.39 is 0 Å². The molecule has 0 aromatic carbocycles. The smallest absolute Gasteiger partial charge is 0.305 e. The van der Waals surface area contributed by atoms with Gasteiger partial charge in [0.15, 0.2) is 0 Å². The van der Waals surface area contributed by atoms with E-state index in [4.69, 9.17) is 9.47 Å². The monoisotopic (exact) mass is 176 g/mol. The summed E-state index contributed by atoms with van der Waals surface area (Å²) in [5.74, 6) is 1.52. The Hall–Kier alpha value is -0.220. The van der Waals surface area contributed by atoms with E-state index in [1.807, 2.05) is 0 Å². The van der Waals surface area contributed by atoms with Crippen molar-refractivity contribution < 1.29 is 14.3 Å². The SMILES string of the molecule is CCC(=O)OCC1CSCO1. The number of carbonyl (C=O) groups excluding carboxylic acids is 1. The molecule has 1 fully saturated rings. The molecule has 64 valence electrons. The average molecular weight is 176 g/mol. The third kappa shape index (κ3) is 3.12.